The lowest BCUT2D eigenvalue weighted by molar-refractivity contribution is 0.668. The molecular formula is C48H31NO2. The minimum Gasteiger partial charge on any atom is -0.456 e. The van der Waals surface area contributed by atoms with Gasteiger partial charge in [0.05, 0.1) is 15.3 Å². The molecule has 0 N–H and O–H groups in total. The smallest absolute Gasteiger partial charge is 0.160 e. The molecule has 0 atom stereocenters. The van der Waals surface area contributed by atoms with Gasteiger partial charge in [0.1, 0.15) is 16.7 Å². The maximum atomic E-state index is 9.30. The van der Waals surface area contributed by atoms with Crippen molar-refractivity contribution in [1.82, 2.24) is 0 Å². The van der Waals surface area contributed by atoms with Crippen molar-refractivity contribution in [3.63, 3.8) is 0 Å². The molecule has 0 saturated heterocycles. The number of fused-ring (bicyclic) bond motifs is 6. The molecular weight excluding hydrogens is 623 g/mol. The number of anilines is 3. The number of furan rings is 2. The van der Waals surface area contributed by atoms with Gasteiger partial charge in [0.2, 0.25) is 0 Å². The fourth-order valence-electron chi connectivity index (χ4n) is 6.93. The zero-order valence-corrected chi connectivity index (χ0v) is 27.1. The van der Waals surface area contributed by atoms with Gasteiger partial charge in [0.15, 0.2) is 5.58 Å². The Kier molecular flexibility index (Phi) is 5.32. The first-order valence-corrected chi connectivity index (χ1v) is 16.7. The van der Waals surface area contributed by atoms with E-state index in [4.69, 9.17) is 17.1 Å². The molecule has 240 valence electrons. The first-order valence-electron chi connectivity index (χ1n) is 20.2. The second kappa shape index (κ2) is 11.9. The van der Waals surface area contributed by atoms with E-state index in [2.05, 4.69) is 71.6 Å². The first-order chi connectivity index (χ1) is 28.2. The molecule has 2 heterocycles. The van der Waals surface area contributed by atoms with Crippen LogP contribution in [0.15, 0.2) is 197 Å². The summed E-state index contributed by atoms with van der Waals surface area (Å²) in [7, 11) is 0. The lowest BCUT2D eigenvalue weighted by Crippen LogP contribution is -2.10. The van der Waals surface area contributed by atoms with Crippen LogP contribution in [-0.2, 0) is 0 Å². The Bertz CT molecular complexity index is 3230. The molecule has 10 rings (SSSR count). The van der Waals surface area contributed by atoms with Crippen LogP contribution in [0.3, 0.4) is 0 Å². The van der Waals surface area contributed by atoms with Gasteiger partial charge in [0, 0.05) is 32.9 Å². The van der Waals surface area contributed by atoms with Gasteiger partial charge in [0.25, 0.3) is 0 Å². The van der Waals surface area contributed by atoms with Gasteiger partial charge < -0.3 is 13.7 Å². The summed E-state index contributed by atoms with van der Waals surface area (Å²) >= 11 is 0. The van der Waals surface area contributed by atoms with Crippen LogP contribution in [0.2, 0.25) is 0 Å². The topological polar surface area (TPSA) is 29.5 Å². The average Bonchev–Trinajstić information content (AvgIpc) is 3.87. The lowest BCUT2D eigenvalue weighted by Gasteiger charge is -2.26. The summed E-state index contributed by atoms with van der Waals surface area (Å²) < 4.78 is 73.1. The molecule has 8 aromatic carbocycles. The number of nitrogens with zero attached hydrogens (tertiary/aromatic N) is 1. The van der Waals surface area contributed by atoms with Gasteiger partial charge >= 0.3 is 0 Å². The monoisotopic (exact) mass is 660 g/mol. The van der Waals surface area contributed by atoms with Crippen LogP contribution in [0.4, 0.5) is 17.1 Å². The summed E-state index contributed by atoms with van der Waals surface area (Å²) in [5.41, 5.74) is 8.61. The zero-order valence-electron chi connectivity index (χ0n) is 34.1. The van der Waals surface area contributed by atoms with Crippen molar-refractivity contribution in [2.75, 3.05) is 4.90 Å². The van der Waals surface area contributed by atoms with Gasteiger partial charge in [-0.3, -0.25) is 0 Å². The van der Waals surface area contributed by atoms with Crippen molar-refractivity contribution in [3.05, 3.63) is 188 Å². The highest BCUT2D eigenvalue weighted by Crippen LogP contribution is 2.46. The molecule has 0 aliphatic heterocycles. The van der Waals surface area contributed by atoms with Gasteiger partial charge in [-0.1, -0.05) is 133 Å². The molecule has 2 aromatic heterocycles. The highest BCUT2D eigenvalue weighted by Gasteiger charge is 2.22. The molecule has 3 nitrogen and oxygen atoms in total. The Balaban J connectivity index is 1.17. The van der Waals surface area contributed by atoms with E-state index in [9.17, 15) is 1.37 Å². The first kappa shape index (κ1) is 22.7. The fourth-order valence-corrected chi connectivity index (χ4v) is 6.93. The molecule has 3 heteroatoms. The van der Waals surface area contributed by atoms with Crippen molar-refractivity contribution >= 4 is 60.9 Å². The van der Waals surface area contributed by atoms with Gasteiger partial charge in [-0.05, 0) is 87.9 Å². The third-order valence-electron chi connectivity index (χ3n) is 9.36. The predicted molar refractivity (Wildman–Crippen MR) is 212 cm³/mol. The predicted octanol–water partition coefficient (Wildman–Crippen LogP) is 14.0. The highest BCUT2D eigenvalue weighted by molar-refractivity contribution is 6.17. The summed E-state index contributed by atoms with van der Waals surface area (Å²) in [6.07, 6.45) is 0. The minimum atomic E-state index is -0.467. The number of benzene rings is 8. The molecule has 0 saturated carbocycles. The number of rotatable bonds is 6. The third kappa shape index (κ3) is 4.98. The maximum Gasteiger partial charge on any atom is 0.160 e. The van der Waals surface area contributed by atoms with Crippen molar-refractivity contribution in [1.29, 1.82) is 0 Å². The molecule has 51 heavy (non-hydrogen) atoms. The van der Waals surface area contributed by atoms with E-state index in [1.807, 2.05) is 78.9 Å². The van der Waals surface area contributed by atoms with Crippen LogP contribution in [0.1, 0.15) is 9.60 Å². The van der Waals surface area contributed by atoms with Crippen molar-refractivity contribution in [2.45, 2.75) is 0 Å². The molecule has 0 amide bonds. The Morgan fingerprint density at radius 1 is 0.412 bits per heavy atom. The van der Waals surface area contributed by atoms with E-state index in [-0.39, 0.29) is 51.7 Å². The normalized spacial score (nSPS) is 13.5. The SMILES string of the molecule is [2H]c1c([2H])c([2H])c2c(oc3c([2H])c([2H])c(-c4ccc(N(c5ccc(-c6ccccc6)cc5)c5ccc(-c6ccccc6)c6c5oc5ccccc56)cc4)c([2H])c32)c1[2H]. The van der Waals surface area contributed by atoms with E-state index in [1.165, 1.54) is 0 Å². The minimum absolute atomic E-state index is 0.0243. The summed E-state index contributed by atoms with van der Waals surface area (Å²) in [5, 5.41) is 2.09. The molecule has 10 aromatic rings. The quantitative estimate of drug-likeness (QED) is 0.178. The van der Waals surface area contributed by atoms with Gasteiger partial charge in [-0.25, -0.2) is 0 Å². The summed E-state index contributed by atoms with van der Waals surface area (Å²) in [6.45, 7) is 0. The average molecular weight is 661 g/mol. The number of hydrogen-bond acceptors (Lipinski definition) is 3. The number of hydrogen-bond donors (Lipinski definition) is 0. The lowest BCUT2D eigenvalue weighted by atomic mass is 9.98. The maximum absolute atomic E-state index is 9.30. The van der Waals surface area contributed by atoms with Crippen LogP contribution in [0.25, 0.3) is 77.3 Å². The van der Waals surface area contributed by atoms with E-state index in [1.54, 1.807) is 0 Å². The molecule has 0 unspecified atom stereocenters. The standard InChI is InChI=1S/C48H31NO2/c1-3-11-32(12-4-1)33-19-24-37(25-20-33)49(38-26-21-34(22-27-38)36-23-30-46-42(31-36)40-15-7-9-17-44(40)50-46)43-29-28-39(35-13-5-2-6-14-35)47-41-16-8-10-18-45(41)51-48(43)47/h1-31H/i7D,9D,15D,17D,23D,30D,31D. The van der Waals surface area contributed by atoms with Crippen LogP contribution in [-0.4, -0.2) is 0 Å². The second-order valence-electron chi connectivity index (χ2n) is 12.4. The Labute approximate surface area is 305 Å². The zero-order chi connectivity index (χ0) is 39.8. The third-order valence-corrected chi connectivity index (χ3v) is 9.36. The Morgan fingerprint density at radius 2 is 1.02 bits per heavy atom. The van der Waals surface area contributed by atoms with E-state index in [0.717, 1.165) is 55.7 Å². The summed E-state index contributed by atoms with van der Waals surface area (Å²) in [4.78, 5) is 2.13. The van der Waals surface area contributed by atoms with Crippen LogP contribution in [0, 0.1) is 0 Å². The largest absolute Gasteiger partial charge is 0.456 e. The summed E-state index contributed by atoms with van der Waals surface area (Å²) in [5.74, 6) is 0. The second-order valence-corrected chi connectivity index (χ2v) is 12.4. The van der Waals surface area contributed by atoms with E-state index < -0.39 is 18.1 Å². The van der Waals surface area contributed by atoms with E-state index >= 15 is 0 Å². The van der Waals surface area contributed by atoms with E-state index in [0.29, 0.717) is 11.1 Å². The number of para-hydroxylation sites is 2. The molecule has 0 aliphatic rings. The van der Waals surface area contributed by atoms with Gasteiger partial charge in [-0.2, -0.15) is 0 Å². The summed E-state index contributed by atoms with van der Waals surface area (Å²) in [6, 6.07) is 46.1. The van der Waals surface area contributed by atoms with Crippen LogP contribution >= 0.6 is 0 Å². The van der Waals surface area contributed by atoms with Crippen molar-refractivity contribution in [3.8, 4) is 33.4 Å². The van der Waals surface area contributed by atoms with Crippen molar-refractivity contribution < 1.29 is 18.4 Å². The molecule has 0 aliphatic carbocycles. The van der Waals surface area contributed by atoms with Crippen molar-refractivity contribution in [2.24, 2.45) is 0 Å². The van der Waals surface area contributed by atoms with Crippen LogP contribution < -0.4 is 4.90 Å². The molecule has 0 radical (unpaired) electrons. The molecule has 0 spiro atoms. The Morgan fingerprint density at radius 3 is 1.76 bits per heavy atom. The van der Waals surface area contributed by atoms with Crippen LogP contribution in [0.5, 0.6) is 0 Å². The Hall–Kier alpha value is -6.84. The van der Waals surface area contributed by atoms with Gasteiger partial charge in [-0.15, -0.1) is 0 Å². The molecule has 0 fully saturated rings. The highest BCUT2D eigenvalue weighted by atomic mass is 16.3. The fraction of sp³-hybridized carbons (Fsp3) is 0. The molecule has 0 bridgehead atoms.